The molecular weight excluding hydrogens is 321 g/mol. The molecule has 8 heteroatoms. The van der Waals surface area contributed by atoms with E-state index in [1.807, 2.05) is 13.0 Å². The first-order valence-corrected chi connectivity index (χ1v) is 7.57. The van der Waals surface area contributed by atoms with Crippen molar-refractivity contribution < 1.29 is 8.81 Å². The van der Waals surface area contributed by atoms with Crippen LogP contribution < -0.4 is 11.1 Å². The van der Waals surface area contributed by atoms with E-state index in [2.05, 4.69) is 15.3 Å². The zero-order valence-electron chi connectivity index (χ0n) is 12.8. The number of fused-ring (bicyclic) bond motifs is 1. The van der Waals surface area contributed by atoms with Gasteiger partial charge < -0.3 is 20.0 Å². The second-order valence-electron chi connectivity index (χ2n) is 5.47. The van der Waals surface area contributed by atoms with Crippen molar-refractivity contribution in [1.29, 1.82) is 0 Å². The van der Waals surface area contributed by atoms with Gasteiger partial charge in [0.1, 0.15) is 17.2 Å². The van der Waals surface area contributed by atoms with Crippen LogP contribution in [0.25, 0.3) is 11.0 Å². The van der Waals surface area contributed by atoms with Gasteiger partial charge in [-0.05, 0) is 30.7 Å². The fourth-order valence-corrected chi connectivity index (χ4v) is 2.69. The van der Waals surface area contributed by atoms with Crippen molar-refractivity contribution in [2.24, 2.45) is 12.8 Å². The molecule has 0 saturated heterocycles. The van der Waals surface area contributed by atoms with E-state index in [9.17, 15) is 4.39 Å². The first kappa shape index (κ1) is 15.8. The molecule has 1 atom stereocenters. The Balaban J connectivity index is 2.06. The molecule has 0 saturated carbocycles. The highest BCUT2D eigenvalue weighted by Crippen LogP contribution is 2.30. The van der Waals surface area contributed by atoms with Gasteiger partial charge in [-0.25, -0.2) is 4.39 Å². The van der Waals surface area contributed by atoms with Crippen LogP contribution in [0.2, 0.25) is 5.28 Å². The minimum absolute atomic E-state index is 0.0485. The molecule has 0 radical (unpaired) electrons. The van der Waals surface area contributed by atoms with Gasteiger partial charge in [-0.2, -0.15) is 9.97 Å². The molecule has 0 aromatic carbocycles. The third-order valence-electron chi connectivity index (χ3n) is 3.58. The highest BCUT2D eigenvalue weighted by atomic mass is 35.5. The minimum atomic E-state index is -0.376. The molecule has 0 bridgehead atoms. The highest BCUT2D eigenvalue weighted by molar-refractivity contribution is 6.28. The minimum Gasteiger partial charge on any atom is -0.467 e. The molecule has 122 valence electrons. The Hall–Kier alpha value is -2.12. The van der Waals surface area contributed by atoms with Gasteiger partial charge in [-0.1, -0.05) is 0 Å². The zero-order chi connectivity index (χ0) is 16.6. The van der Waals surface area contributed by atoms with Crippen LogP contribution >= 0.6 is 11.6 Å². The van der Waals surface area contributed by atoms with Gasteiger partial charge in [-0.15, -0.1) is 0 Å². The fourth-order valence-electron chi connectivity index (χ4n) is 2.53. The normalized spacial score (nSPS) is 12.7. The number of aryl methyl sites for hydroxylation is 1. The number of halogens is 2. The van der Waals surface area contributed by atoms with Crippen molar-refractivity contribution in [3.63, 3.8) is 0 Å². The fraction of sp³-hybridized carbons (Fsp3) is 0.333. The maximum atomic E-state index is 14.8. The third-order valence-corrected chi connectivity index (χ3v) is 3.75. The summed E-state index contributed by atoms with van der Waals surface area (Å²) in [6, 6.07) is 3.43. The van der Waals surface area contributed by atoms with Crippen molar-refractivity contribution in [1.82, 2.24) is 14.5 Å². The standard InChI is InChI=1S/C15H17ClFN5O/c1-8(18)6-10-12(17)11-13(19-7-9-4-3-5-23-9)20-15(16)21-14(11)22(10)2/h3-5,8H,6-7,18H2,1-2H3,(H,19,20,21)/t8-/m1/s1. The number of rotatable bonds is 5. The van der Waals surface area contributed by atoms with Crippen LogP contribution in [0.5, 0.6) is 0 Å². The number of anilines is 1. The summed E-state index contributed by atoms with van der Waals surface area (Å²) in [5.41, 5.74) is 6.71. The second-order valence-corrected chi connectivity index (χ2v) is 5.81. The molecule has 23 heavy (non-hydrogen) atoms. The van der Waals surface area contributed by atoms with Crippen molar-refractivity contribution in [2.75, 3.05) is 5.32 Å². The Labute approximate surface area is 137 Å². The zero-order valence-corrected chi connectivity index (χ0v) is 13.6. The van der Waals surface area contributed by atoms with Crippen molar-refractivity contribution in [3.05, 3.63) is 41.0 Å². The smallest absolute Gasteiger partial charge is 0.226 e. The monoisotopic (exact) mass is 337 g/mol. The molecule has 0 amide bonds. The van der Waals surface area contributed by atoms with Gasteiger partial charge in [0.2, 0.25) is 5.28 Å². The summed E-state index contributed by atoms with van der Waals surface area (Å²) < 4.78 is 21.8. The number of nitrogens with two attached hydrogens (primary N) is 1. The number of hydrogen-bond acceptors (Lipinski definition) is 5. The molecule has 3 aromatic heterocycles. The lowest BCUT2D eigenvalue weighted by Gasteiger charge is -2.06. The van der Waals surface area contributed by atoms with Crippen LogP contribution in [-0.4, -0.2) is 20.6 Å². The van der Waals surface area contributed by atoms with E-state index in [0.717, 1.165) is 0 Å². The topological polar surface area (TPSA) is 81.9 Å². The largest absolute Gasteiger partial charge is 0.467 e. The molecule has 0 spiro atoms. The lowest BCUT2D eigenvalue weighted by Crippen LogP contribution is -2.20. The first-order chi connectivity index (χ1) is 11.0. The molecule has 0 unspecified atom stereocenters. The molecule has 3 aromatic rings. The Morgan fingerprint density at radius 3 is 2.91 bits per heavy atom. The maximum absolute atomic E-state index is 14.8. The van der Waals surface area contributed by atoms with E-state index in [1.54, 1.807) is 23.9 Å². The Kier molecular flexibility index (Phi) is 4.23. The summed E-state index contributed by atoms with van der Waals surface area (Å²) in [7, 11) is 1.74. The molecule has 3 rings (SSSR count). The summed E-state index contributed by atoms with van der Waals surface area (Å²) in [4.78, 5) is 8.25. The first-order valence-electron chi connectivity index (χ1n) is 7.19. The lowest BCUT2D eigenvalue weighted by atomic mass is 10.2. The third kappa shape index (κ3) is 3.02. The maximum Gasteiger partial charge on any atom is 0.226 e. The number of nitrogens with one attached hydrogen (secondary N) is 1. The summed E-state index contributed by atoms with van der Waals surface area (Å²) in [5, 5.41) is 3.40. The van der Waals surface area contributed by atoms with Crippen LogP contribution in [0.4, 0.5) is 10.2 Å². The number of furan rings is 1. The Morgan fingerprint density at radius 1 is 1.48 bits per heavy atom. The van der Waals surface area contributed by atoms with Crippen LogP contribution in [0, 0.1) is 5.82 Å². The summed E-state index contributed by atoms with van der Waals surface area (Å²) in [5.74, 6) is 0.666. The summed E-state index contributed by atoms with van der Waals surface area (Å²) in [6.07, 6.45) is 1.97. The molecule has 3 heterocycles. The quantitative estimate of drug-likeness (QED) is 0.700. The number of hydrogen-bond donors (Lipinski definition) is 2. The molecule has 0 fully saturated rings. The predicted molar refractivity (Wildman–Crippen MR) is 86.9 cm³/mol. The molecule has 0 aliphatic carbocycles. The SMILES string of the molecule is C[C@@H](N)Cc1c(F)c2c(NCc3ccco3)nc(Cl)nc2n1C. The van der Waals surface area contributed by atoms with E-state index >= 15 is 0 Å². The summed E-state index contributed by atoms with van der Waals surface area (Å²) >= 11 is 5.98. The van der Waals surface area contributed by atoms with Gasteiger partial charge >= 0.3 is 0 Å². The molecule has 6 nitrogen and oxygen atoms in total. The predicted octanol–water partition coefficient (Wildman–Crippen LogP) is 2.86. The molecule has 0 aliphatic rings. The van der Waals surface area contributed by atoms with Crippen molar-refractivity contribution >= 4 is 28.5 Å². The van der Waals surface area contributed by atoms with Gasteiger partial charge in [0.25, 0.3) is 0 Å². The van der Waals surface area contributed by atoms with Crippen LogP contribution in [0.15, 0.2) is 22.8 Å². The van der Waals surface area contributed by atoms with E-state index in [1.165, 1.54) is 0 Å². The van der Waals surface area contributed by atoms with E-state index < -0.39 is 0 Å². The Morgan fingerprint density at radius 2 is 2.26 bits per heavy atom. The number of nitrogens with zero attached hydrogens (tertiary/aromatic N) is 3. The Bertz CT molecular complexity index is 828. The molecule has 3 N–H and O–H groups in total. The van der Waals surface area contributed by atoms with Gasteiger partial charge in [0, 0.05) is 19.5 Å². The van der Waals surface area contributed by atoms with Crippen LogP contribution in [0.3, 0.4) is 0 Å². The average molecular weight is 338 g/mol. The average Bonchev–Trinajstić information content (AvgIpc) is 3.08. The van der Waals surface area contributed by atoms with Crippen LogP contribution in [-0.2, 0) is 20.0 Å². The van der Waals surface area contributed by atoms with E-state index in [4.69, 9.17) is 21.8 Å². The van der Waals surface area contributed by atoms with Gasteiger partial charge in [0.05, 0.1) is 23.9 Å². The van der Waals surface area contributed by atoms with Gasteiger partial charge in [-0.3, -0.25) is 0 Å². The highest BCUT2D eigenvalue weighted by Gasteiger charge is 2.22. The second kappa shape index (κ2) is 6.17. The van der Waals surface area contributed by atoms with Crippen LogP contribution in [0.1, 0.15) is 18.4 Å². The molecular formula is C15H17ClFN5O. The summed E-state index contributed by atoms with van der Waals surface area (Å²) in [6.45, 7) is 2.19. The molecule has 0 aliphatic heterocycles. The lowest BCUT2D eigenvalue weighted by molar-refractivity contribution is 0.518. The van der Waals surface area contributed by atoms with Crippen molar-refractivity contribution in [3.8, 4) is 0 Å². The van der Waals surface area contributed by atoms with Crippen molar-refractivity contribution in [2.45, 2.75) is 25.9 Å². The van der Waals surface area contributed by atoms with Gasteiger partial charge in [0.15, 0.2) is 5.82 Å². The van der Waals surface area contributed by atoms with E-state index in [-0.39, 0.29) is 17.1 Å². The number of aromatic nitrogens is 3. The van der Waals surface area contributed by atoms with E-state index in [0.29, 0.717) is 41.3 Å².